The molecule has 1 aromatic rings. The maximum atomic E-state index is 3.59. The molecule has 0 aromatic heterocycles. The van der Waals surface area contributed by atoms with Gasteiger partial charge in [-0.05, 0) is 31.2 Å². The van der Waals surface area contributed by atoms with Gasteiger partial charge in [0, 0.05) is 12.6 Å². The molecule has 0 spiro atoms. The molecular formula is C13H19N. The zero-order valence-electron chi connectivity index (χ0n) is 9.09. The molecule has 0 radical (unpaired) electrons. The molecule has 0 heterocycles. The molecule has 76 valence electrons. The Hall–Kier alpha value is -0.820. The first-order chi connectivity index (χ1) is 6.74. The van der Waals surface area contributed by atoms with Crippen molar-refractivity contribution in [2.75, 3.05) is 0 Å². The van der Waals surface area contributed by atoms with Crippen LogP contribution in [0.25, 0.3) is 0 Å². The normalized spacial score (nSPS) is 25.9. The molecule has 1 fully saturated rings. The highest BCUT2D eigenvalue weighted by Gasteiger charge is 2.24. The molecule has 2 rings (SSSR count). The third-order valence-corrected chi connectivity index (χ3v) is 3.05. The summed E-state index contributed by atoms with van der Waals surface area (Å²) >= 11 is 0. The van der Waals surface area contributed by atoms with Crippen molar-refractivity contribution in [3.63, 3.8) is 0 Å². The molecule has 0 unspecified atom stereocenters. The lowest BCUT2D eigenvalue weighted by Gasteiger charge is -2.33. The topological polar surface area (TPSA) is 12.0 Å². The summed E-state index contributed by atoms with van der Waals surface area (Å²) in [5.74, 6) is 0.935. The highest BCUT2D eigenvalue weighted by atomic mass is 14.9. The molecule has 1 nitrogen and oxygen atoms in total. The van der Waals surface area contributed by atoms with Crippen LogP contribution in [-0.2, 0) is 6.54 Å². The van der Waals surface area contributed by atoms with Gasteiger partial charge in [0.2, 0.25) is 0 Å². The van der Waals surface area contributed by atoms with E-state index in [1.807, 2.05) is 0 Å². The van der Waals surface area contributed by atoms with Crippen LogP contribution in [0.1, 0.15) is 30.9 Å². The predicted octanol–water partition coefficient (Wildman–Crippen LogP) is 2.88. The first-order valence-corrected chi connectivity index (χ1v) is 5.53. The first kappa shape index (κ1) is 9.72. The molecule has 1 N–H and O–H groups in total. The summed E-state index contributed by atoms with van der Waals surface area (Å²) < 4.78 is 0. The summed E-state index contributed by atoms with van der Waals surface area (Å²) in [7, 11) is 0. The van der Waals surface area contributed by atoms with Crippen LogP contribution in [0, 0.1) is 12.8 Å². The minimum Gasteiger partial charge on any atom is -0.310 e. The smallest absolute Gasteiger partial charge is 0.0208 e. The van der Waals surface area contributed by atoms with Crippen molar-refractivity contribution < 1.29 is 0 Å². The number of hydrogen-bond donors (Lipinski definition) is 1. The number of benzene rings is 1. The predicted molar refractivity (Wildman–Crippen MR) is 60.2 cm³/mol. The molecule has 1 aliphatic rings. The fraction of sp³-hybridized carbons (Fsp3) is 0.538. The van der Waals surface area contributed by atoms with Crippen LogP contribution >= 0.6 is 0 Å². The van der Waals surface area contributed by atoms with E-state index in [-0.39, 0.29) is 0 Å². The Labute approximate surface area is 86.5 Å². The minimum absolute atomic E-state index is 0.769. The Kier molecular flexibility index (Phi) is 2.87. The summed E-state index contributed by atoms with van der Waals surface area (Å²) in [6, 6.07) is 9.51. The van der Waals surface area contributed by atoms with E-state index in [0.717, 1.165) is 18.5 Å². The number of hydrogen-bond acceptors (Lipinski definition) is 1. The Bertz CT molecular complexity index is 300. The molecule has 14 heavy (non-hydrogen) atoms. The van der Waals surface area contributed by atoms with Crippen LogP contribution in [0.15, 0.2) is 24.3 Å². The van der Waals surface area contributed by atoms with E-state index in [2.05, 4.69) is 43.4 Å². The van der Waals surface area contributed by atoms with Gasteiger partial charge < -0.3 is 5.32 Å². The van der Waals surface area contributed by atoms with Crippen LogP contribution in [0.3, 0.4) is 0 Å². The van der Waals surface area contributed by atoms with Gasteiger partial charge in [-0.3, -0.25) is 0 Å². The van der Waals surface area contributed by atoms with Crippen molar-refractivity contribution in [3.8, 4) is 0 Å². The lowest BCUT2D eigenvalue weighted by molar-refractivity contribution is 0.240. The van der Waals surface area contributed by atoms with E-state index in [4.69, 9.17) is 0 Å². The van der Waals surface area contributed by atoms with E-state index >= 15 is 0 Å². The van der Waals surface area contributed by atoms with Crippen LogP contribution < -0.4 is 5.32 Å². The van der Waals surface area contributed by atoms with Gasteiger partial charge in [0.25, 0.3) is 0 Å². The average molecular weight is 189 g/mol. The van der Waals surface area contributed by atoms with E-state index < -0.39 is 0 Å². The lowest BCUT2D eigenvalue weighted by Crippen LogP contribution is -2.39. The highest BCUT2D eigenvalue weighted by molar-refractivity contribution is 5.22. The third kappa shape index (κ3) is 2.36. The van der Waals surface area contributed by atoms with E-state index in [1.165, 1.54) is 24.0 Å². The van der Waals surface area contributed by atoms with Gasteiger partial charge in [0.1, 0.15) is 0 Å². The van der Waals surface area contributed by atoms with E-state index in [1.54, 1.807) is 0 Å². The fourth-order valence-corrected chi connectivity index (χ4v) is 2.15. The molecule has 1 saturated carbocycles. The summed E-state index contributed by atoms with van der Waals surface area (Å²) in [5, 5.41) is 3.59. The zero-order chi connectivity index (χ0) is 9.97. The Morgan fingerprint density at radius 2 is 2.14 bits per heavy atom. The molecule has 0 amide bonds. The molecule has 1 aliphatic carbocycles. The van der Waals surface area contributed by atoms with Crippen molar-refractivity contribution in [2.24, 2.45) is 5.92 Å². The third-order valence-electron chi connectivity index (χ3n) is 3.05. The maximum Gasteiger partial charge on any atom is 0.0208 e. The first-order valence-electron chi connectivity index (χ1n) is 5.53. The van der Waals surface area contributed by atoms with Crippen molar-refractivity contribution in [3.05, 3.63) is 35.4 Å². The van der Waals surface area contributed by atoms with Crippen molar-refractivity contribution in [1.82, 2.24) is 5.32 Å². The van der Waals surface area contributed by atoms with Crippen LogP contribution in [0.5, 0.6) is 0 Å². The van der Waals surface area contributed by atoms with Gasteiger partial charge in [-0.25, -0.2) is 0 Å². The van der Waals surface area contributed by atoms with Crippen LogP contribution in [0.4, 0.5) is 0 Å². The van der Waals surface area contributed by atoms with Gasteiger partial charge in [0.05, 0.1) is 0 Å². The molecule has 1 heteroatoms. The highest BCUT2D eigenvalue weighted by Crippen LogP contribution is 2.26. The van der Waals surface area contributed by atoms with Crippen molar-refractivity contribution >= 4 is 0 Å². The maximum absolute atomic E-state index is 3.59. The largest absolute Gasteiger partial charge is 0.310 e. The van der Waals surface area contributed by atoms with E-state index in [0.29, 0.717) is 0 Å². The van der Waals surface area contributed by atoms with Gasteiger partial charge in [-0.2, -0.15) is 0 Å². The molecule has 0 aliphatic heterocycles. The number of aryl methyl sites for hydroxylation is 1. The molecular weight excluding hydrogens is 170 g/mol. The van der Waals surface area contributed by atoms with Crippen LogP contribution in [-0.4, -0.2) is 6.04 Å². The SMILES string of the molecule is Cc1cccc(CNC2CC(C)C2)c1. The summed E-state index contributed by atoms with van der Waals surface area (Å²) in [6.07, 6.45) is 2.71. The Morgan fingerprint density at radius 3 is 2.79 bits per heavy atom. The monoisotopic (exact) mass is 189 g/mol. The zero-order valence-corrected chi connectivity index (χ0v) is 9.09. The quantitative estimate of drug-likeness (QED) is 0.771. The summed E-state index contributed by atoms with van der Waals surface area (Å²) in [5.41, 5.74) is 2.76. The Morgan fingerprint density at radius 1 is 1.36 bits per heavy atom. The lowest BCUT2D eigenvalue weighted by atomic mass is 9.82. The molecule has 0 saturated heterocycles. The average Bonchev–Trinajstić information content (AvgIpc) is 2.11. The van der Waals surface area contributed by atoms with Crippen LogP contribution in [0.2, 0.25) is 0 Å². The second-order valence-corrected chi connectivity index (χ2v) is 4.64. The number of nitrogens with one attached hydrogen (secondary N) is 1. The minimum atomic E-state index is 0.769. The summed E-state index contributed by atoms with van der Waals surface area (Å²) in [6.45, 7) is 5.50. The molecule has 1 aromatic carbocycles. The Balaban J connectivity index is 1.80. The second-order valence-electron chi connectivity index (χ2n) is 4.64. The molecule has 0 bridgehead atoms. The van der Waals surface area contributed by atoms with Gasteiger partial charge >= 0.3 is 0 Å². The van der Waals surface area contributed by atoms with Crippen molar-refractivity contribution in [2.45, 2.75) is 39.3 Å². The van der Waals surface area contributed by atoms with Gasteiger partial charge in [0.15, 0.2) is 0 Å². The fourth-order valence-electron chi connectivity index (χ4n) is 2.15. The summed E-state index contributed by atoms with van der Waals surface area (Å²) in [4.78, 5) is 0. The molecule has 0 atom stereocenters. The van der Waals surface area contributed by atoms with Gasteiger partial charge in [-0.1, -0.05) is 36.8 Å². The number of rotatable bonds is 3. The standard InChI is InChI=1S/C13H19N/c1-10-4-3-5-12(6-10)9-14-13-7-11(2)8-13/h3-6,11,13-14H,7-9H2,1-2H3. The van der Waals surface area contributed by atoms with Crippen molar-refractivity contribution in [1.29, 1.82) is 0 Å². The second kappa shape index (κ2) is 4.14. The van der Waals surface area contributed by atoms with Gasteiger partial charge in [-0.15, -0.1) is 0 Å². The van der Waals surface area contributed by atoms with E-state index in [9.17, 15) is 0 Å².